The molecule has 1 rings (SSSR count). The van der Waals surface area contributed by atoms with E-state index in [1.807, 2.05) is 20.8 Å². The summed E-state index contributed by atoms with van der Waals surface area (Å²) >= 11 is 0. The maximum absolute atomic E-state index is 11.7. The van der Waals surface area contributed by atoms with Gasteiger partial charge in [-0.3, -0.25) is 9.59 Å². The fraction of sp³-hybridized carbons (Fsp3) is 0.529. The number of methoxy groups -OCH3 is 1. The van der Waals surface area contributed by atoms with Crippen molar-refractivity contribution in [2.45, 2.75) is 32.9 Å². The number of nitrogens with one attached hydrogen (secondary N) is 2. The highest BCUT2D eigenvalue weighted by Crippen LogP contribution is 2.17. The van der Waals surface area contributed by atoms with Crippen LogP contribution in [0.2, 0.25) is 0 Å². The van der Waals surface area contributed by atoms with Crippen molar-refractivity contribution < 1.29 is 19.1 Å². The van der Waals surface area contributed by atoms with Gasteiger partial charge in [0.2, 0.25) is 11.8 Å². The van der Waals surface area contributed by atoms with Crippen molar-refractivity contribution in [3.8, 4) is 11.5 Å². The Labute approximate surface area is 155 Å². The third kappa shape index (κ3) is 8.60. The second-order valence-corrected chi connectivity index (χ2v) is 5.90. The topological polar surface area (TPSA) is 103 Å². The van der Waals surface area contributed by atoms with E-state index in [-0.39, 0.29) is 42.8 Å². The lowest BCUT2D eigenvalue weighted by atomic mass is 10.1. The highest BCUT2D eigenvalue weighted by Gasteiger charge is 2.17. The van der Waals surface area contributed by atoms with Crippen LogP contribution in [0.3, 0.4) is 0 Å². The van der Waals surface area contributed by atoms with Gasteiger partial charge in [-0.2, -0.15) is 0 Å². The van der Waals surface area contributed by atoms with Gasteiger partial charge in [0.1, 0.15) is 17.6 Å². The van der Waals surface area contributed by atoms with Crippen LogP contribution in [0.15, 0.2) is 24.3 Å². The summed E-state index contributed by atoms with van der Waals surface area (Å²) in [6, 6.07) is 6.58. The summed E-state index contributed by atoms with van der Waals surface area (Å²) in [5, 5.41) is 5.22. The van der Waals surface area contributed by atoms with Crippen molar-refractivity contribution >= 4 is 24.2 Å². The normalized spacial score (nSPS) is 12.6. The number of nitrogens with two attached hydrogens (primary N) is 1. The van der Waals surface area contributed by atoms with Gasteiger partial charge >= 0.3 is 0 Å². The van der Waals surface area contributed by atoms with Crippen molar-refractivity contribution in [1.82, 2.24) is 10.6 Å². The molecule has 1 aromatic rings. The SMILES string of the molecule is COc1ccc(OC(C)CNC(=O)CNC(=O)[C@@H](N)C(C)C)cc1.Cl. The number of carbonyl (C=O) groups excluding carboxylic acids is 2. The zero-order valence-electron chi connectivity index (χ0n) is 15.1. The molecule has 142 valence electrons. The maximum Gasteiger partial charge on any atom is 0.239 e. The molecule has 7 nitrogen and oxygen atoms in total. The van der Waals surface area contributed by atoms with Crippen LogP contribution in [0.4, 0.5) is 0 Å². The van der Waals surface area contributed by atoms with E-state index in [0.717, 1.165) is 5.75 Å². The van der Waals surface area contributed by atoms with E-state index in [1.54, 1.807) is 31.4 Å². The summed E-state index contributed by atoms with van der Waals surface area (Å²) in [7, 11) is 1.60. The molecule has 8 heteroatoms. The fourth-order valence-corrected chi connectivity index (χ4v) is 1.84. The van der Waals surface area contributed by atoms with Crippen LogP contribution in [0, 0.1) is 5.92 Å². The summed E-state index contributed by atoms with van der Waals surface area (Å²) in [5.41, 5.74) is 5.70. The molecule has 4 N–H and O–H groups in total. The van der Waals surface area contributed by atoms with Gasteiger partial charge in [0.25, 0.3) is 0 Å². The lowest BCUT2D eigenvalue weighted by Crippen LogP contribution is -2.47. The van der Waals surface area contributed by atoms with Gasteiger partial charge in [-0.05, 0) is 37.1 Å². The van der Waals surface area contributed by atoms with Crippen molar-refractivity contribution in [2.24, 2.45) is 11.7 Å². The van der Waals surface area contributed by atoms with Crippen LogP contribution in [-0.2, 0) is 9.59 Å². The zero-order valence-corrected chi connectivity index (χ0v) is 15.9. The van der Waals surface area contributed by atoms with Crippen LogP contribution in [-0.4, -0.2) is 44.2 Å². The third-order valence-electron chi connectivity index (χ3n) is 3.43. The molecule has 25 heavy (non-hydrogen) atoms. The Morgan fingerprint density at radius 2 is 1.64 bits per heavy atom. The number of halogens is 1. The second-order valence-electron chi connectivity index (χ2n) is 5.90. The molecule has 0 fully saturated rings. The smallest absolute Gasteiger partial charge is 0.239 e. The van der Waals surface area contributed by atoms with E-state index in [2.05, 4.69) is 10.6 Å². The molecule has 0 heterocycles. The molecule has 1 aromatic carbocycles. The standard InChI is InChI=1S/C17H27N3O4.ClH/c1-11(2)16(18)17(22)20-10-15(21)19-9-12(3)24-14-7-5-13(23-4)6-8-14;/h5-8,11-12,16H,9-10,18H2,1-4H3,(H,19,21)(H,20,22);1H/t12?,16-;/m0./s1. The highest BCUT2D eigenvalue weighted by atomic mass is 35.5. The molecule has 0 aromatic heterocycles. The average Bonchev–Trinajstić information content (AvgIpc) is 2.57. The van der Waals surface area contributed by atoms with Crippen molar-refractivity contribution in [1.29, 1.82) is 0 Å². The van der Waals surface area contributed by atoms with Crippen molar-refractivity contribution in [3.05, 3.63) is 24.3 Å². The molecule has 0 aliphatic carbocycles. The first-order valence-corrected chi connectivity index (χ1v) is 7.94. The summed E-state index contributed by atoms with van der Waals surface area (Å²) in [6.07, 6.45) is -0.212. The molecule has 0 aliphatic heterocycles. The molecule has 0 radical (unpaired) electrons. The maximum atomic E-state index is 11.7. The van der Waals surface area contributed by atoms with Gasteiger partial charge in [-0.1, -0.05) is 13.8 Å². The van der Waals surface area contributed by atoms with E-state index in [9.17, 15) is 9.59 Å². The van der Waals surface area contributed by atoms with E-state index in [4.69, 9.17) is 15.2 Å². The number of hydrogen-bond donors (Lipinski definition) is 3. The Bertz CT molecular complexity index is 537. The predicted molar refractivity (Wildman–Crippen MR) is 99.2 cm³/mol. The monoisotopic (exact) mass is 373 g/mol. The zero-order chi connectivity index (χ0) is 18.1. The molecule has 0 spiro atoms. The molecule has 1 unspecified atom stereocenters. The number of carbonyl (C=O) groups is 2. The van der Waals surface area contributed by atoms with Crippen LogP contribution in [0.1, 0.15) is 20.8 Å². The van der Waals surface area contributed by atoms with Gasteiger partial charge in [-0.25, -0.2) is 0 Å². The Hall–Kier alpha value is -1.99. The highest BCUT2D eigenvalue weighted by molar-refractivity contribution is 5.87. The Kier molecular flexibility index (Phi) is 10.6. The fourth-order valence-electron chi connectivity index (χ4n) is 1.84. The number of rotatable bonds is 9. The summed E-state index contributed by atoms with van der Waals surface area (Å²) in [6.45, 7) is 5.77. The molecular formula is C17H28ClN3O4. The number of benzene rings is 1. The lowest BCUT2D eigenvalue weighted by molar-refractivity contribution is -0.127. The molecule has 2 atom stereocenters. The molecule has 0 aliphatic rings. The number of hydrogen-bond acceptors (Lipinski definition) is 5. The van der Waals surface area contributed by atoms with Gasteiger partial charge in [0.15, 0.2) is 0 Å². The average molecular weight is 374 g/mol. The summed E-state index contributed by atoms with van der Waals surface area (Å²) in [5.74, 6) is 0.838. The molecule has 0 saturated heterocycles. The van der Waals surface area contributed by atoms with Crippen LogP contribution < -0.4 is 25.8 Å². The van der Waals surface area contributed by atoms with Gasteiger partial charge in [-0.15, -0.1) is 12.4 Å². The largest absolute Gasteiger partial charge is 0.497 e. The second kappa shape index (κ2) is 11.5. The number of ether oxygens (including phenoxy) is 2. The Morgan fingerprint density at radius 3 is 2.16 bits per heavy atom. The van der Waals surface area contributed by atoms with Crippen LogP contribution in [0.5, 0.6) is 11.5 Å². The molecule has 2 amide bonds. The summed E-state index contributed by atoms with van der Waals surface area (Å²) in [4.78, 5) is 23.4. The molecule has 0 saturated carbocycles. The van der Waals surface area contributed by atoms with Crippen LogP contribution in [0.25, 0.3) is 0 Å². The first-order valence-electron chi connectivity index (χ1n) is 7.94. The minimum Gasteiger partial charge on any atom is -0.497 e. The van der Waals surface area contributed by atoms with Crippen molar-refractivity contribution in [3.63, 3.8) is 0 Å². The van der Waals surface area contributed by atoms with Gasteiger partial charge in [0, 0.05) is 0 Å². The van der Waals surface area contributed by atoms with Gasteiger partial charge in [0.05, 0.1) is 26.2 Å². The first kappa shape index (κ1) is 23.0. The molecule has 0 bridgehead atoms. The first-order chi connectivity index (χ1) is 11.3. The van der Waals surface area contributed by atoms with Crippen LogP contribution >= 0.6 is 12.4 Å². The Morgan fingerprint density at radius 1 is 1.08 bits per heavy atom. The van der Waals surface area contributed by atoms with E-state index in [1.165, 1.54) is 0 Å². The van der Waals surface area contributed by atoms with E-state index in [0.29, 0.717) is 12.3 Å². The Balaban J connectivity index is 0.00000576. The van der Waals surface area contributed by atoms with E-state index < -0.39 is 6.04 Å². The van der Waals surface area contributed by atoms with E-state index >= 15 is 0 Å². The summed E-state index contributed by atoms with van der Waals surface area (Å²) < 4.78 is 10.8. The molecular weight excluding hydrogens is 346 g/mol. The number of amides is 2. The lowest BCUT2D eigenvalue weighted by Gasteiger charge is -2.17. The predicted octanol–water partition coefficient (Wildman–Crippen LogP) is 1.10. The van der Waals surface area contributed by atoms with Gasteiger partial charge < -0.3 is 25.8 Å². The minimum atomic E-state index is -0.616. The third-order valence-corrected chi connectivity index (χ3v) is 3.43. The minimum absolute atomic E-state index is 0. The quantitative estimate of drug-likeness (QED) is 0.601. The van der Waals surface area contributed by atoms with Crippen molar-refractivity contribution in [2.75, 3.05) is 20.2 Å².